The molecule has 1 amide bonds. The summed E-state index contributed by atoms with van der Waals surface area (Å²) < 4.78 is 1.95. The van der Waals surface area contributed by atoms with Gasteiger partial charge in [0, 0.05) is 18.4 Å². The van der Waals surface area contributed by atoms with Gasteiger partial charge in [-0.25, -0.2) is 4.68 Å². The molecular weight excluding hydrogens is 332 g/mol. The number of likely N-dealkylation sites (N-methyl/N-ethyl adjacent to an activating group) is 1. The van der Waals surface area contributed by atoms with E-state index in [1.165, 1.54) is 4.90 Å². The van der Waals surface area contributed by atoms with Gasteiger partial charge in [-0.2, -0.15) is 5.10 Å². The SMILES string of the molecule is Cc1nn(-c2ccccc2)c2sc(C(=O)N3CCC[NH+](C)CC3)cc12. The lowest BCUT2D eigenvalue weighted by Gasteiger charge is -2.18. The number of aromatic nitrogens is 2. The van der Waals surface area contributed by atoms with Crippen molar-refractivity contribution in [1.29, 1.82) is 0 Å². The van der Waals surface area contributed by atoms with E-state index < -0.39 is 0 Å². The summed E-state index contributed by atoms with van der Waals surface area (Å²) in [5, 5.41) is 5.74. The summed E-state index contributed by atoms with van der Waals surface area (Å²) in [4.78, 5) is 18.4. The van der Waals surface area contributed by atoms with Gasteiger partial charge in [-0.05, 0) is 25.1 Å². The number of thiophene rings is 1. The van der Waals surface area contributed by atoms with Gasteiger partial charge < -0.3 is 9.80 Å². The molecule has 1 saturated heterocycles. The maximum atomic E-state index is 13.0. The van der Waals surface area contributed by atoms with Crippen LogP contribution in [-0.4, -0.2) is 53.8 Å². The van der Waals surface area contributed by atoms with Crippen molar-refractivity contribution in [3.63, 3.8) is 0 Å². The van der Waals surface area contributed by atoms with Crippen LogP contribution in [0.25, 0.3) is 15.9 Å². The van der Waals surface area contributed by atoms with Gasteiger partial charge in [0.05, 0.1) is 42.9 Å². The van der Waals surface area contributed by atoms with Gasteiger partial charge in [0.15, 0.2) is 0 Å². The molecule has 0 saturated carbocycles. The highest BCUT2D eigenvalue weighted by molar-refractivity contribution is 7.20. The third-order valence-corrected chi connectivity index (χ3v) is 5.98. The molecule has 3 aromatic rings. The van der Waals surface area contributed by atoms with E-state index in [0.29, 0.717) is 0 Å². The lowest BCUT2D eigenvalue weighted by atomic mass is 10.3. The Labute approximate surface area is 151 Å². The van der Waals surface area contributed by atoms with E-state index in [0.717, 1.165) is 59.1 Å². The molecule has 1 unspecified atom stereocenters. The molecule has 0 bridgehead atoms. The first-order valence-electron chi connectivity index (χ1n) is 8.78. The molecule has 130 valence electrons. The second-order valence-corrected chi connectivity index (χ2v) is 7.80. The van der Waals surface area contributed by atoms with Crippen LogP contribution in [0.2, 0.25) is 0 Å². The summed E-state index contributed by atoms with van der Waals surface area (Å²) in [7, 11) is 2.20. The number of carbonyl (C=O) groups is 1. The molecule has 6 heteroatoms. The number of nitrogens with one attached hydrogen (secondary N) is 1. The Morgan fingerprint density at radius 3 is 2.80 bits per heavy atom. The predicted octanol–water partition coefficient (Wildman–Crippen LogP) is 1.76. The second kappa shape index (κ2) is 6.61. The number of hydrogen-bond acceptors (Lipinski definition) is 3. The van der Waals surface area contributed by atoms with Crippen LogP contribution in [0.3, 0.4) is 0 Å². The number of nitrogens with zero attached hydrogens (tertiary/aromatic N) is 3. The minimum Gasteiger partial charge on any atom is -0.336 e. The molecule has 4 rings (SSSR count). The van der Waals surface area contributed by atoms with Crippen LogP contribution in [0, 0.1) is 6.92 Å². The van der Waals surface area contributed by atoms with Crippen molar-refractivity contribution in [3.05, 3.63) is 47.0 Å². The Balaban J connectivity index is 1.68. The van der Waals surface area contributed by atoms with E-state index in [4.69, 9.17) is 0 Å². The minimum absolute atomic E-state index is 0.162. The van der Waals surface area contributed by atoms with Crippen molar-refractivity contribution < 1.29 is 9.69 Å². The predicted molar refractivity (Wildman–Crippen MR) is 101 cm³/mol. The highest BCUT2D eigenvalue weighted by Crippen LogP contribution is 2.31. The van der Waals surface area contributed by atoms with Crippen molar-refractivity contribution in [3.8, 4) is 5.69 Å². The smallest absolute Gasteiger partial charge is 0.264 e. The molecule has 1 aliphatic rings. The van der Waals surface area contributed by atoms with Gasteiger partial charge in [0.1, 0.15) is 4.83 Å². The van der Waals surface area contributed by atoms with Crippen molar-refractivity contribution in [2.75, 3.05) is 33.2 Å². The molecule has 1 N–H and O–H groups in total. The van der Waals surface area contributed by atoms with Gasteiger partial charge in [0.25, 0.3) is 5.91 Å². The molecule has 1 aromatic carbocycles. The second-order valence-electron chi connectivity index (χ2n) is 6.77. The fourth-order valence-electron chi connectivity index (χ4n) is 3.39. The van der Waals surface area contributed by atoms with E-state index in [1.54, 1.807) is 11.3 Å². The fourth-order valence-corrected chi connectivity index (χ4v) is 4.54. The normalized spacial score (nSPS) is 18.5. The minimum atomic E-state index is 0.162. The average Bonchev–Trinajstić information content (AvgIpc) is 3.11. The number of para-hydroxylation sites is 1. The molecule has 1 aliphatic heterocycles. The lowest BCUT2D eigenvalue weighted by Crippen LogP contribution is -3.09. The molecular formula is C19H23N4OS+. The summed E-state index contributed by atoms with van der Waals surface area (Å²) in [6.45, 7) is 5.86. The van der Waals surface area contributed by atoms with Crippen LogP contribution in [0.1, 0.15) is 21.8 Å². The third-order valence-electron chi connectivity index (χ3n) is 4.88. The van der Waals surface area contributed by atoms with Crippen LogP contribution < -0.4 is 4.90 Å². The average molecular weight is 355 g/mol. The monoisotopic (exact) mass is 355 g/mol. The topological polar surface area (TPSA) is 42.6 Å². The van der Waals surface area contributed by atoms with Crippen molar-refractivity contribution >= 4 is 27.5 Å². The van der Waals surface area contributed by atoms with Gasteiger partial charge >= 0.3 is 0 Å². The number of aryl methyl sites for hydroxylation is 1. The first-order valence-corrected chi connectivity index (χ1v) is 9.60. The Kier molecular flexibility index (Phi) is 4.31. The molecule has 0 aliphatic carbocycles. The van der Waals surface area contributed by atoms with Crippen LogP contribution in [0.5, 0.6) is 0 Å². The fraction of sp³-hybridized carbons (Fsp3) is 0.368. The molecule has 5 nitrogen and oxygen atoms in total. The Morgan fingerprint density at radius 1 is 1.20 bits per heavy atom. The molecule has 1 atom stereocenters. The third kappa shape index (κ3) is 3.07. The standard InChI is InChI=1S/C19H22N4OS/c1-14-16-13-17(18(24)22-10-6-9-21(2)11-12-22)25-19(16)23(20-14)15-7-4-3-5-8-15/h3-5,7-8,13H,6,9-12H2,1-2H3/p+1. The lowest BCUT2D eigenvalue weighted by molar-refractivity contribution is -0.877. The number of hydrogen-bond donors (Lipinski definition) is 1. The largest absolute Gasteiger partial charge is 0.336 e. The molecule has 1 fully saturated rings. The zero-order valence-electron chi connectivity index (χ0n) is 14.7. The van der Waals surface area contributed by atoms with Crippen LogP contribution in [0.4, 0.5) is 0 Å². The molecule has 0 spiro atoms. The van der Waals surface area contributed by atoms with E-state index >= 15 is 0 Å². The zero-order valence-corrected chi connectivity index (χ0v) is 15.5. The van der Waals surface area contributed by atoms with Crippen LogP contribution >= 0.6 is 11.3 Å². The molecule has 2 aromatic heterocycles. The maximum absolute atomic E-state index is 13.0. The molecule has 25 heavy (non-hydrogen) atoms. The van der Waals surface area contributed by atoms with Crippen molar-refractivity contribution in [2.45, 2.75) is 13.3 Å². The Bertz CT molecular complexity index is 899. The number of amides is 1. The summed E-state index contributed by atoms with van der Waals surface area (Å²) in [6, 6.07) is 12.1. The molecule has 0 radical (unpaired) electrons. The summed E-state index contributed by atoms with van der Waals surface area (Å²) in [5.41, 5.74) is 2.00. The van der Waals surface area contributed by atoms with Crippen molar-refractivity contribution in [1.82, 2.24) is 14.7 Å². The number of carbonyl (C=O) groups excluding carboxylic acids is 1. The van der Waals surface area contributed by atoms with Gasteiger partial charge in [0.2, 0.25) is 0 Å². The van der Waals surface area contributed by atoms with Gasteiger partial charge in [-0.1, -0.05) is 18.2 Å². The number of benzene rings is 1. The van der Waals surface area contributed by atoms with Gasteiger partial charge in [-0.3, -0.25) is 4.79 Å². The molecule has 3 heterocycles. The highest BCUT2D eigenvalue weighted by atomic mass is 32.1. The number of quaternary nitrogens is 1. The number of fused-ring (bicyclic) bond motifs is 1. The Hall–Kier alpha value is -2.18. The van der Waals surface area contributed by atoms with E-state index in [-0.39, 0.29) is 5.91 Å². The quantitative estimate of drug-likeness (QED) is 0.761. The summed E-state index contributed by atoms with van der Waals surface area (Å²) in [6.07, 6.45) is 1.07. The van der Waals surface area contributed by atoms with E-state index in [2.05, 4.69) is 12.1 Å². The van der Waals surface area contributed by atoms with Gasteiger partial charge in [-0.15, -0.1) is 11.3 Å². The van der Waals surface area contributed by atoms with Crippen LogP contribution in [-0.2, 0) is 0 Å². The van der Waals surface area contributed by atoms with E-state index in [1.807, 2.05) is 52.9 Å². The maximum Gasteiger partial charge on any atom is 0.264 e. The number of rotatable bonds is 2. The first kappa shape index (κ1) is 16.3. The first-order chi connectivity index (χ1) is 12.1. The van der Waals surface area contributed by atoms with Crippen molar-refractivity contribution in [2.24, 2.45) is 0 Å². The summed E-state index contributed by atoms with van der Waals surface area (Å²) in [5.74, 6) is 0.162. The highest BCUT2D eigenvalue weighted by Gasteiger charge is 2.24. The Morgan fingerprint density at radius 2 is 2.00 bits per heavy atom. The summed E-state index contributed by atoms with van der Waals surface area (Å²) >= 11 is 1.55. The van der Waals surface area contributed by atoms with Crippen LogP contribution in [0.15, 0.2) is 36.4 Å². The zero-order chi connectivity index (χ0) is 17.4. The van der Waals surface area contributed by atoms with E-state index in [9.17, 15) is 4.79 Å².